The first-order chi connectivity index (χ1) is 8.08. The van der Waals surface area contributed by atoms with E-state index in [4.69, 9.17) is 9.47 Å². The van der Waals surface area contributed by atoms with Gasteiger partial charge in [0.15, 0.2) is 6.29 Å². The topological polar surface area (TPSA) is 27.7 Å². The lowest BCUT2D eigenvalue weighted by Crippen LogP contribution is -2.22. The van der Waals surface area contributed by atoms with Gasteiger partial charge in [0.2, 0.25) is 0 Å². The smallest absolute Gasteiger partial charge is 0.372 e. The van der Waals surface area contributed by atoms with Crippen molar-refractivity contribution in [2.24, 2.45) is 0 Å². The monoisotopic (exact) mass is 256 g/mol. The predicted molar refractivity (Wildman–Crippen MR) is 55.7 cm³/mol. The molecule has 1 unspecified atom stereocenters. The molecule has 1 aliphatic rings. The SMILES string of the molecule is FC(F)(F)COCCCCOC1CCCCO1. The Morgan fingerprint density at radius 1 is 1.12 bits per heavy atom. The van der Waals surface area contributed by atoms with Crippen LogP contribution in [0.4, 0.5) is 13.2 Å². The Labute approximate surface area is 99.2 Å². The van der Waals surface area contributed by atoms with Crippen LogP contribution < -0.4 is 0 Å². The fraction of sp³-hybridized carbons (Fsp3) is 1.00. The summed E-state index contributed by atoms with van der Waals surface area (Å²) in [4.78, 5) is 0. The standard InChI is InChI=1S/C11H19F3O3/c12-11(13,14)9-15-6-3-4-8-17-10-5-1-2-7-16-10/h10H,1-9H2. The maximum Gasteiger partial charge on any atom is 0.411 e. The maximum absolute atomic E-state index is 11.7. The molecular weight excluding hydrogens is 237 g/mol. The van der Waals surface area contributed by atoms with E-state index in [1.165, 1.54) is 0 Å². The van der Waals surface area contributed by atoms with Crippen molar-refractivity contribution >= 4 is 0 Å². The van der Waals surface area contributed by atoms with Crippen molar-refractivity contribution < 1.29 is 27.4 Å². The largest absolute Gasteiger partial charge is 0.411 e. The van der Waals surface area contributed by atoms with Crippen LogP contribution in [0.1, 0.15) is 32.1 Å². The van der Waals surface area contributed by atoms with E-state index in [1.807, 2.05) is 0 Å². The van der Waals surface area contributed by atoms with E-state index < -0.39 is 12.8 Å². The van der Waals surface area contributed by atoms with E-state index in [0.29, 0.717) is 19.4 Å². The van der Waals surface area contributed by atoms with Crippen molar-refractivity contribution in [1.82, 2.24) is 0 Å². The van der Waals surface area contributed by atoms with Gasteiger partial charge in [-0.3, -0.25) is 0 Å². The zero-order valence-corrected chi connectivity index (χ0v) is 9.80. The van der Waals surface area contributed by atoms with Crippen molar-refractivity contribution in [2.45, 2.75) is 44.6 Å². The van der Waals surface area contributed by atoms with Gasteiger partial charge in [-0.15, -0.1) is 0 Å². The Balaban J connectivity index is 1.84. The minimum Gasteiger partial charge on any atom is -0.372 e. The molecule has 1 saturated heterocycles. The second kappa shape index (κ2) is 7.89. The highest BCUT2D eigenvalue weighted by Crippen LogP contribution is 2.15. The first-order valence-corrected chi connectivity index (χ1v) is 5.95. The molecule has 102 valence electrons. The lowest BCUT2D eigenvalue weighted by atomic mass is 10.2. The van der Waals surface area contributed by atoms with Crippen LogP contribution in [-0.4, -0.2) is 38.9 Å². The van der Waals surface area contributed by atoms with Gasteiger partial charge >= 0.3 is 6.18 Å². The van der Waals surface area contributed by atoms with E-state index >= 15 is 0 Å². The molecule has 1 rings (SSSR count). The van der Waals surface area contributed by atoms with Crippen LogP contribution in [0.5, 0.6) is 0 Å². The molecule has 0 spiro atoms. The third kappa shape index (κ3) is 8.40. The molecule has 0 bridgehead atoms. The van der Waals surface area contributed by atoms with Gasteiger partial charge in [-0.2, -0.15) is 13.2 Å². The number of rotatable bonds is 7. The van der Waals surface area contributed by atoms with Gasteiger partial charge in [-0.05, 0) is 32.1 Å². The molecule has 6 heteroatoms. The number of hydrogen-bond acceptors (Lipinski definition) is 3. The quantitative estimate of drug-likeness (QED) is 0.655. The van der Waals surface area contributed by atoms with Gasteiger partial charge < -0.3 is 14.2 Å². The summed E-state index contributed by atoms with van der Waals surface area (Å²) in [6, 6.07) is 0. The Bertz CT molecular complexity index is 191. The minimum absolute atomic E-state index is 0.119. The van der Waals surface area contributed by atoms with E-state index in [1.54, 1.807) is 0 Å². The fourth-order valence-electron chi connectivity index (χ4n) is 1.55. The summed E-state index contributed by atoms with van der Waals surface area (Å²) in [5, 5.41) is 0. The molecule has 0 aromatic heterocycles. The lowest BCUT2D eigenvalue weighted by molar-refractivity contribution is -0.175. The van der Waals surface area contributed by atoms with Gasteiger partial charge in [0.05, 0.1) is 0 Å². The summed E-state index contributed by atoms with van der Waals surface area (Å²) in [5.74, 6) is 0. The molecule has 0 radical (unpaired) electrons. The minimum atomic E-state index is -4.23. The normalized spacial score (nSPS) is 21.7. The van der Waals surface area contributed by atoms with E-state index in [2.05, 4.69) is 4.74 Å². The number of unbranched alkanes of at least 4 members (excludes halogenated alkanes) is 1. The molecule has 0 amide bonds. The van der Waals surface area contributed by atoms with Crippen LogP contribution in [0, 0.1) is 0 Å². The van der Waals surface area contributed by atoms with Gasteiger partial charge in [0.25, 0.3) is 0 Å². The Hall–Kier alpha value is -0.330. The molecule has 3 nitrogen and oxygen atoms in total. The summed E-state index contributed by atoms with van der Waals surface area (Å²) < 4.78 is 50.4. The van der Waals surface area contributed by atoms with Gasteiger partial charge in [-0.1, -0.05) is 0 Å². The maximum atomic E-state index is 11.7. The van der Waals surface area contributed by atoms with Crippen molar-refractivity contribution in [3.8, 4) is 0 Å². The predicted octanol–water partition coefficient (Wildman–Crippen LogP) is 2.89. The molecule has 1 aliphatic heterocycles. The summed E-state index contributed by atoms with van der Waals surface area (Å²) in [6.45, 7) is 0.202. The van der Waals surface area contributed by atoms with Gasteiger partial charge in [-0.25, -0.2) is 0 Å². The van der Waals surface area contributed by atoms with Gasteiger partial charge in [0, 0.05) is 19.8 Å². The van der Waals surface area contributed by atoms with Crippen LogP contribution in [0.3, 0.4) is 0 Å². The summed E-state index contributed by atoms with van der Waals surface area (Å²) in [5.41, 5.74) is 0. The molecule has 0 saturated carbocycles. The number of hydrogen-bond donors (Lipinski definition) is 0. The first kappa shape index (κ1) is 14.7. The van der Waals surface area contributed by atoms with E-state index in [-0.39, 0.29) is 12.9 Å². The molecule has 1 fully saturated rings. The molecular formula is C11H19F3O3. The van der Waals surface area contributed by atoms with Crippen LogP contribution in [0.2, 0.25) is 0 Å². The van der Waals surface area contributed by atoms with Crippen LogP contribution >= 0.6 is 0 Å². The highest BCUT2D eigenvalue weighted by atomic mass is 19.4. The third-order valence-electron chi connectivity index (χ3n) is 2.39. The van der Waals surface area contributed by atoms with Crippen LogP contribution in [0.15, 0.2) is 0 Å². The molecule has 0 aromatic rings. The summed E-state index contributed by atoms with van der Waals surface area (Å²) in [7, 11) is 0. The third-order valence-corrected chi connectivity index (χ3v) is 2.39. The molecule has 17 heavy (non-hydrogen) atoms. The highest BCUT2D eigenvalue weighted by molar-refractivity contribution is 4.54. The average Bonchev–Trinajstić information content (AvgIpc) is 2.28. The summed E-state index contributed by atoms with van der Waals surface area (Å²) >= 11 is 0. The van der Waals surface area contributed by atoms with E-state index in [0.717, 1.165) is 25.9 Å². The van der Waals surface area contributed by atoms with E-state index in [9.17, 15) is 13.2 Å². The number of alkyl halides is 3. The zero-order chi connectivity index (χ0) is 12.6. The number of ether oxygens (including phenoxy) is 3. The molecule has 1 heterocycles. The van der Waals surface area contributed by atoms with Gasteiger partial charge in [0.1, 0.15) is 6.61 Å². The number of halogens is 3. The molecule has 1 atom stereocenters. The van der Waals surface area contributed by atoms with Crippen LogP contribution in [0.25, 0.3) is 0 Å². The van der Waals surface area contributed by atoms with Crippen molar-refractivity contribution in [3.05, 3.63) is 0 Å². The molecule has 0 aromatic carbocycles. The second-order valence-corrected chi connectivity index (χ2v) is 4.04. The van der Waals surface area contributed by atoms with Crippen molar-refractivity contribution in [2.75, 3.05) is 26.4 Å². The Morgan fingerprint density at radius 2 is 1.88 bits per heavy atom. The zero-order valence-electron chi connectivity index (χ0n) is 9.80. The fourth-order valence-corrected chi connectivity index (χ4v) is 1.55. The Kier molecular flexibility index (Phi) is 6.84. The lowest BCUT2D eigenvalue weighted by Gasteiger charge is -2.22. The average molecular weight is 256 g/mol. The van der Waals surface area contributed by atoms with Crippen LogP contribution in [-0.2, 0) is 14.2 Å². The van der Waals surface area contributed by atoms with Crippen molar-refractivity contribution in [3.63, 3.8) is 0 Å². The molecule has 0 N–H and O–H groups in total. The first-order valence-electron chi connectivity index (χ1n) is 5.95. The summed E-state index contributed by atoms with van der Waals surface area (Å²) in [6.07, 6.45) is 0.00187. The molecule has 0 aliphatic carbocycles. The second-order valence-electron chi connectivity index (χ2n) is 4.04. The highest BCUT2D eigenvalue weighted by Gasteiger charge is 2.27. The Morgan fingerprint density at radius 3 is 2.53 bits per heavy atom. The van der Waals surface area contributed by atoms with Crippen molar-refractivity contribution in [1.29, 1.82) is 0 Å².